The van der Waals surface area contributed by atoms with Gasteiger partial charge in [-0.25, -0.2) is 4.98 Å². The summed E-state index contributed by atoms with van der Waals surface area (Å²) >= 11 is 1.51. The lowest BCUT2D eigenvalue weighted by Crippen LogP contribution is -2.48. The Morgan fingerprint density at radius 3 is 2.58 bits per heavy atom. The van der Waals surface area contributed by atoms with Crippen molar-refractivity contribution in [2.45, 2.75) is 26.9 Å². The molecule has 0 saturated carbocycles. The van der Waals surface area contributed by atoms with Gasteiger partial charge in [0.1, 0.15) is 17.9 Å². The number of thiazole rings is 1. The first-order valence-electron chi connectivity index (χ1n) is 10.9. The van der Waals surface area contributed by atoms with Crippen LogP contribution in [0.5, 0.6) is 17.2 Å². The Morgan fingerprint density at radius 2 is 1.88 bits per heavy atom. The number of hydrogen-bond acceptors (Lipinski definition) is 7. The molecular weight excluding hydrogens is 462 g/mol. The Labute approximate surface area is 204 Å². The second kappa shape index (κ2) is 11.0. The zero-order chi connectivity index (χ0) is 22.7. The van der Waals surface area contributed by atoms with E-state index >= 15 is 0 Å². The minimum Gasteiger partial charge on any atom is -0.494 e. The number of carbonyl (C=O) groups is 1. The van der Waals surface area contributed by atoms with Crippen LogP contribution in [0.1, 0.15) is 19.4 Å². The molecule has 0 aliphatic carbocycles. The number of benzene rings is 2. The van der Waals surface area contributed by atoms with Crippen molar-refractivity contribution in [3.63, 3.8) is 0 Å². The molecule has 2 aromatic carbocycles. The molecule has 0 spiro atoms. The molecule has 1 aromatic heterocycles. The van der Waals surface area contributed by atoms with Crippen LogP contribution < -0.4 is 19.1 Å². The lowest BCUT2D eigenvalue weighted by molar-refractivity contribution is -0.127. The standard InChI is InChI=1S/C24H29N3O4S.ClH/c1-5-26(6-2)13-14-27(23(28)20-15-30-17-9-7-8-10-18(17)31-20)24-25-21-19(29-4)12-11-16(3)22(21)32-24;/h7-12,20H,5-6,13-15H2,1-4H3;1H. The molecule has 1 unspecified atom stereocenters. The van der Waals surface area contributed by atoms with Gasteiger partial charge >= 0.3 is 0 Å². The van der Waals surface area contributed by atoms with Crippen molar-refractivity contribution in [1.82, 2.24) is 9.88 Å². The normalized spacial score (nSPS) is 14.8. The van der Waals surface area contributed by atoms with Crippen LogP contribution in [0.25, 0.3) is 10.2 Å². The molecule has 2 heterocycles. The van der Waals surface area contributed by atoms with Crippen LogP contribution in [0, 0.1) is 6.92 Å². The number of halogens is 1. The molecule has 1 atom stereocenters. The summed E-state index contributed by atoms with van der Waals surface area (Å²) in [5.41, 5.74) is 1.88. The molecule has 1 aliphatic rings. The third kappa shape index (κ3) is 5.18. The van der Waals surface area contributed by atoms with Crippen LogP contribution in [-0.4, -0.2) is 61.8 Å². The van der Waals surface area contributed by atoms with Crippen molar-refractivity contribution in [3.8, 4) is 17.2 Å². The summed E-state index contributed by atoms with van der Waals surface area (Å²) in [6.07, 6.45) is -0.725. The second-order valence-corrected chi connectivity index (χ2v) is 8.62. The lowest BCUT2D eigenvalue weighted by Gasteiger charge is -2.30. The average Bonchev–Trinajstić information content (AvgIpc) is 3.27. The zero-order valence-electron chi connectivity index (χ0n) is 19.4. The maximum Gasteiger partial charge on any atom is 0.273 e. The highest BCUT2D eigenvalue weighted by Crippen LogP contribution is 2.37. The Hall–Kier alpha value is -2.55. The van der Waals surface area contributed by atoms with E-state index in [4.69, 9.17) is 19.2 Å². The van der Waals surface area contributed by atoms with E-state index in [-0.39, 0.29) is 24.9 Å². The van der Waals surface area contributed by atoms with E-state index in [0.29, 0.717) is 28.9 Å². The van der Waals surface area contributed by atoms with Gasteiger partial charge in [0.15, 0.2) is 16.6 Å². The van der Waals surface area contributed by atoms with Crippen molar-refractivity contribution in [2.24, 2.45) is 0 Å². The zero-order valence-corrected chi connectivity index (χ0v) is 21.0. The van der Waals surface area contributed by atoms with E-state index in [2.05, 4.69) is 18.7 Å². The molecule has 0 radical (unpaired) electrons. The van der Waals surface area contributed by atoms with Crippen LogP contribution in [0.3, 0.4) is 0 Å². The topological polar surface area (TPSA) is 64.1 Å². The van der Waals surface area contributed by atoms with Gasteiger partial charge in [-0.05, 0) is 43.8 Å². The monoisotopic (exact) mass is 491 g/mol. The van der Waals surface area contributed by atoms with Gasteiger partial charge in [-0.1, -0.05) is 43.4 Å². The van der Waals surface area contributed by atoms with Gasteiger partial charge in [-0.3, -0.25) is 9.69 Å². The van der Waals surface area contributed by atoms with Gasteiger partial charge in [-0.15, -0.1) is 12.4 Å². The Morgan fingerprint density at radius 1 is 1.15 bits per heavy atom. The number of fused-ring (bicyclic) bond motifs is 2. The molecule has 7 nitrogen and oxygen atoms in total. The fraction of sp³-hybridized carbons (Fsp3) is 0.417. The number of para-hydroxylation sites is 2. The SMILES string of the molecule is CCN(CC)CCN(C(=O)C1COc2ccccc2O1)c1nc2c(OC)ccc(C)c2s1.Cl. The van der Waals surface area contributed by atoms with Gasteiger partial charge in [0.2, 0.25) is 6.10 Å². The Bertz CT molecular complexity index is 1100. The predicted molar refractivity (Wildman–Crippen MR) is 135 cm³/mol. The highest BCUT2D eigenvalue weighted by Gasteiger charge is 2.33. The molecule has 1 amide bonds. The summed E-state index contributed by atoms with van der Waals surface area (Å²) in [5.74, 6) is 1.80. The second-order valence-electron chi connectivity index (χ2n) is 7.64. The Kier molecular flexibility index (Phi) is 8.40. The van der Waals surface area contributed by atoms with E-state index in [9.17, 15) is 4.79 Å². The number of carbonyl (C=O) groups excluding carboxylic acids is 1. The number of likely N-dealkylation sites (N-methyl/N-ethyl adjacent to an activating group) is 1. The minimum atomic E-state index is -0.725. The number of hydrogen-bond donors (Lipinski definition) is 0. The maximum absolute atomic E-state index is 13.7. The molecule has 3 aromatic rings. The number of anilines is 1. The van der Waals surface area contributed by atoms with Gasteiger partial charge in [0, 0.05) is 13.1 Å². The molecule has 0 fully saturated rings. The van der Waals surface area contributed by atoms with E-state index in [1.54, 1.807) is 12.0 Å². The fourth-order valence-corrected chi connectivity index (χ4v) is 4.86. The number of aromatic nitrogens is 1. The van der Waals surface area contributed by atoms with Crippen molar-refractivity contribution in [2.75, 3.05) is 44.8 Å². The summed E-state index contributed by atoms with van der Waals surface area (Å²) in [4.78, 5) is 22.5. The highest BCUT2D eigenvalue weighted by molar-refractivity contribution is 7.22. The number of amides is 1. The first-order valence-corrected chi connectivity index (χ1v) is 11.7. The molecule has 33 heavy (non-hydrogen) atoms. The number of aryl methyl sites for hydroxylation is 1. The van der Waals surface area contributed by atoms with Gasteiger partial charge < -0.3 is 19.1 Å². The van der Waals surface area contributed by atoms with Gasteiger partial charge in [0.05, 0.1) is 11.8 Å². The maximum atomic E-state index is 13.7. The third-order valence-corrected chi connectivity index (χ3v) is 6.94. The van der Waals surface area contributed by atoms with Crippen LogP contribution in [0.2, 0.25) is 0 Å². The summed E-state index contributed by atoms with van der Waals surface area (Å²) in [5, 5.41) is 0.646. The average molecular weight is 492 g/mol. The summed E-state index contributed by atoms with van der Waals surface area (Å²) in [6.45, 7) is 9.56. The Balaban J connectivity index is 0.00000306. The minimum absolute atomic E-state index is 0. The molecule has 178 valence electrons. The van der Waals surface area contributed by atoms with E-state index in [0.717, 1.165) is 35.4 Å². The highest BCUT2D eigenvalue weighted by atomic mass is 35.5. The molecule has 1 aliphatic heterocycles. The first kappa shape index (κ1) is 25.1. The van der Waals surface area contributed by atoms with E-state index < -0.39 is 6.10 Å². The quantitative estimate of drug-likeness (QED) is 0.460. The molecule has 4 rings (SSSR count). The van der Waals surface area contributed by atoms with Gasteiger partial charge in [0.25, 0.3) is 5.91 Å². The van der Waals surface area contributed by atoms with E-state index in [1.165, 1.54) is 11.3 Å². The number of ether oxygens (including phenoxy) is 3. The smallest absolute Gasteiger partial charge is 0.273 e. The first-order chi connectivity index (χ1) is 15.5. The summed E-state index contributed by atoms with van der Waals surface area (Å²) in [6, 6.07) is 11.4. The van der Waals surface area contributed by atoms with Crippen molar-refractivity contribution in [1.29, 1.82) is 0 Å². The summed E-state index contributed by atoms with van der Waals surface area (Å²) in [7, 11) is 1.64. The summed E-state index contributed by atoms with van der Waals surface area (Å²) < 4.78 is 18.4. The lowest BCUT2D eigenvalue weighted by atomic mass is 10.2. The fourth-order valence-electron chi connectivity index (χ4n) is 3.77. The molecule has 9 heteroatoms. The van der Waals surface area contributed by atoms with Gasteiger partial charge in [-0.2, -0.15) is 0 Å². The molecule has 0 N–H and O–H groups in total. The number of methoxy groups -OCH3 is 1. The third-order valence-electron chi connectivity index (χ3n) is 5.73. The molecular formula is C24H30ClN3O4S. The number of nitrogens with zero attached hydrogens (tertiary/aromatic N) is 3. The van der Waals surface area contributed by atoms with Crippen molar-refractivity contribution >= 4 is 45.0 Å². The predicted octanol–water partition coefficient (Wildman–Crippen LogP) is 4.55. The van der Waals surface area contributed by atoms with Crippen LogP contribution >= 0.6 is 23.7 Å². The number of rotatable bonds is 8. The van der Waals surface area contributed by atoms with Crippen LogP contribution in [0.4, 0.5) is 5.13 Å². The van der Waals surface area contributed by atoms with Crippen molar-refractivity contribution < 1.29 is 19.0 Å². The molecule has 0 bridgehead atoms. The molecule has 0 saturated heterocycles. The van der Waals surface area contributed by atoms with Crippen LogP contribution in [0.15, 0.2) is 36.4 Å². The van der Waals surface area contributed by atoms with E-state index in [1.807, 2.05) is 43.3 Å². The van der Waals surface area contributed by atoms with Crippen LogP contribution in [-0.2, 0) is 4.79 Å². The largest absolute Gasteiger partial charge is 0.494 e. The van der Waals surface area contributed by atoms with Crippen molar-refractivity contribution in [3.05, 3.63) is 42.0 Å².